The summed E-state index contributed by atoms with van der Waals surface area (Å²) in [5, 5.41) is 2.41. The van der Waals surface area contributed by atoms with Crippen molar-refractivity contribution in [2.75, 3.05) is 26.4 Å². The summed E-state index contributed by atoms with van der Waals surface area (Å²) in [6.45, 7) is 4.49. The standard InChI is InChI=1S/C17H21NO7/c1-3-16(20)24-12-15(11-23-14-7-5-4-6-8-14)25-17(21)18-9-10-22-13(2)19/h3-8,15H,1,9-12H2,2H3,(H,18,21). The number of amides is 1. The van der Waals surface area contributed by atoms with Crippen LogP contribution in [-0.2, 0) is 23.8 Å². The Labute approximate surface area is 145 Å². The molecule has 25 heavy (non-hydrogen) atoms. The van der Waals surface area contributed by atoms with Crippen molar-refractivity contribution in [3.8, 4) is 5.75 Å². The molecule has 0 aliphatic carbocycles. The van der Waals surface area contributed by atoms with Gasteiger partial charge in [-0.3, -0.25) is 4.79 Å². The molecule has 8 heteroatoms. The van der Waals surface area contributed by atoms with Gasteiger partial charge >= 0.3 is 18.0 Å². The third-order valence-corrected chi connectivity index (χ3v) is 2.71. The van der Waals surface area contributed by atoms with E-state index in [0.29, 0.717) is 5.75 Å². The van der Waals surface area contributed by atoms with Gasteiger partial charge in [-0.15, -0.1) is 0 Å². The maximum atomic E-state index is 11.7. The topological polar surface area (TPSA) is 100 Å². The zero-order valence-electron chi connectivity index (χ0n) is 13.9. The number of esters is 2. The smallest absolute Gasteiger partial charge is 0.407 e. The summed E-state index contributed by atoms with van der Waals surface area (Å²) < 4.78 is 20.2. The van der Waals surface area contributed by atoms with Gasteiger partial charge in [0.25, 0.3) is 0 Å². The van der Waals surface area contributed by atoms with Crippen LogP contribution in [0, 0.1) is 0 Å². The molecule has 0 saturated heterocycles. The van der Waals surface area contributed by atoms with Crippen LogP contribution in [0.4, 0.5) is 4.79 Å². The van der Waals surface area contributed by atoms with Crippen LogP contribution in [-0.4, -0.2) is 50.5 Å². The molecule has 1 unspecified atom stereocenters. The van der Waals surface area contributed by atoms with Crippen molar-refractivity contribution in [2.45, 2.75) is 13.0 Å². The molecule has 8 nitrogen and oxygen atoms in total. The van der Waals surface area contributed by atoms with Crippen molar-refractivity contribution in [1.29, 1.82) is 0 Å². The highest BCUT2D eigenvalue weighted by molar-refractivity contribution is 5.81. The summed E-state index contributed by atoms with van der Waals surface area (Å²) in [5.41, 5.74) is 0. The van der Waals surface area contributed by atoms with E-state index in [2.05, 4.69) is 16.6 Å². The fraction of sp³-hybridized carbons (Fsp3) is 0.353. The quantitative estimate of drug-likeness (QED) is 0.295. The van der Waals surface area contributed by atoms with Gasteiger partial charge in [0.05, 0.1) is 6.54 Å². The van der Waals surface area contributed by atoms with Gasteiger partial charge in [-0.05, 0) is 12.1 Å². The third-order valence-electron chi connectivity index (χ3n) is 2.71. The maximum Gasteiger partial charge on any atom is 0.407 e. The molecule has 1 aromatic carbocycles. The molecule has 0 saturated carbocycles. The Bertz CT molecular complexity index is 574. The molecule has 0 bridgehead atoms. The van der Waals surface area contributed by atoms with E-state index >= 15 is 0 Å². The number of carbonyl (C=O) groups excluding carboxylic acids is 3. The summed E-state index contributed by atoms with van der Waals surface area (Å²) in [4.78, 5) is 33.5. The first-order valence-electron chi connectivity index (χ1n) is 7.56. The van der Waals surface area contributed by atoms with Crippen LogP contribution < -0.4 is 10.1 Å². The van der Waals surface area contributed by atoms with E-state index in [1.807, 2.05) is 6.07 Å². The lowest BCUT2D eigenvalue weighted by Gasteiger charge is -2.18. The highest BCUT2D eigenvalue weighted by atomic mass is 16.6. The Morgan fingerprint density at radius 3 is 2.52 bits per heavy atom. The van der Waals surface area contributed by atoms with E-state index in [0.717, 1.165) is 6.08 Å². The fourth-order valence-electron chi connectivity index (χ4n) is 1.60. The fourth-order valence-corrected chi connectivity index (χ4v) is 1.60. The van der Waals surface area contributed by atoms with Crippen LogP contribution in [0.15, 0.2) is 43.0 Å². The number of carbonyl (C=O) groups is 3. The Balaban J connectivity index is 2.45. The predicted octanol–water partition coefficient (Wildman–Crippen LogP) is 1.45. The van der Waals surface area contributed by atoms with Gasteiger partial charge in [0.1, 0.15) is 25.6 Å². The SMILES string of the molecule is C=CC(=O)OCC(COc1ccccc1)OC(=O)NCCOC(C)=O. The van der Waals surface area contributed by atoms with E-state index in [1.54, 1.807) is 24.3 Å². The zero-order chi connectivity index (χ0) is 18.5. The lowest BCUT2D eigenvalue weighted by molar-refractivity contribution is -0.141. The Hall–Kier alpha value is -3.03. The van der Waals surface area contributed by atoms with Crippen molar-refractivity contribution in [3.05, 3.63) is 43.0 Å². The van der Waals surface area contributed by atoms with Crippen LogP contribution >= 0.6 is 0 Å². The van der Waals surface area contributed by atoms with Gasteiger partial charge in [-0.25, -0.2) is 9.59 Å². The van der Waals surface area contributed by atoms with E-state index in [9.17, 15) is 14.4 Å². The number of hydrogen-bond donors (Lipinski definition) is 1. The number of para-hydroxylation sites is 1. The van der Waals surface area contributed by atoms with Crippen molar-refractivity contribution in [1.82, 2.24) is 5.32 Å². The lowest BCUT2D eigenvalue weighted by atomic mass is 10.3. The summed E-state index contributed by atoms with van der Waals surface area (Å²) in [7, 11) is 0. The molecule has 0 radical (unpaired) electrons. The van der Waals surface area contributed by atoms with Crippen molar-refractivity contribution >= 4 is 18.0 Å². The van der Waals surface area contributed by atoms with Crippen LogP contribution in [0.25, 0.3) is 0 Å². The molecule has 0 aliphatic heterocycles. The van der Waals surface area contributed by atoms with Crippen LogP contribution in [0.3, 0.4) is 0 Å². The molecule has 1 aromatic rings. The number of nitrogens with one attached hydrogen (secondary N) is 1. The highest BCUT2D eigenvalue weighted by Gasteiger charge is 2.17. The number of hydrogen-bond acceptors (Lipinski definition) is 7. The minimum absolute atomic E-state index is 0.00813. The average molecular weight is 351 g/mol. The molecule has 0 aromatic heterocycles. The zero-order valence-corrected chi connectivity index (χ0v) is 13.9. The number of benzene rings is 1. The highest BCUT2D eigenvalue weighted by Crippen LogP contribution is 2.09. The summed E-state index contributed by atoms with van der Waals surface area (Å²) >= 11 is 0. The first-order valence-corrected chi connectivity index (χ1v) is 7.56. The summed E-state index contributed by atoms with van der Waals surface area (Å²) in [6.07, 6.45) is -0.560. The van der Waals surface area contributed by atoms with E-state index < -0.39 is 24.1 Å². The normalized spacial score (nSPS) is 10.9. The molecule has 1 amide bonds. The summed E-state index contributed by atoms with van der Waals surface area (Å²) in [6, 6.07) is 8.91. The van der Waals surface area contributed by atoms with Crippen LogP contribution in [0.2, 0.25) is 0 Å². The van der Waals surface area contributed by atoms with E-state index in [-0.39, 0.29) is 26.4 Å². The third kappa shape index (κ3) is 9.65. The second kappa shape index (κ2) is 11.5. The lowest BCUT2D eigenvalue weighted by Crippen LogP contribution is -2.36. The molecule has 0 aliphatic rings. The molecule has 0 spiro atoms. The van der Waals surface area contributed by atoms with Gasteiger partial charge < -0.3 is 24.3 Å². The van der Waals surface area contributed by atoms with Crippen LogP contribution in [0.5, 0.6) is 5.75 Å². The largest absolute Gasteiger partial charge is 0.490 e. The Morgan fingerprint density at radius 2 is 1.88 bits per heavy atom. The maximum absolute atomic E-state index is 11.7. The number of ether oxygens (including phenoxy) is 4. The van der Waals surface area contributed by atoms with Gasteiger partial charge in [-0.2, -0.15) is 0 Å². The van der Waals surface area contributed by atoms with Crippen molar-refractivity contribution < 1.29 is 33.3 Å². The second-order valence-electron chi connectivity index (χ2n) is 4.75. The minimum atomic E-state index is -0.821. The molecular weight excluding hydrogens is 330 g/mol. The second-order valence-corrected chi connectivity index (χ2v) is 4.75. The summed E-state index contributed by atoms with van der Waals surface area (Å²) in [5.74, 6) is -0.495. The van der Waals surface area contributed by atoms with Gasteiger partial charge in [0.2, 0.25) is 0 Å². The van der Waals surface area contributed by atoms with Gasteiger partial charge in [0.15, 0.2) is 6.10 Å². The van der Waals surface area contributed by atoms with Crippen molar-refractivity contribution in [3.63, 3.8) is 0 Å². The molecule has 1 atom stereocenters. The Morgan fingerprint density at radius 1 is 1.16 bits per heavy atom. The molecule has 0 fully saturated rings. The predicted molar refractivity (Wildman–Crippen MR) is 88.0 cm³/mol. The van der Waals surface area contributed by atoms with E-state index in [1.165, 1.54) is 6.92 Å². The van der Waals surface area contributed by atoms with Gasteiger partial charge in [0, 0.05) is 13.0 Å². The average Bonchev–Trinajstić information content (AvgIpc) is 2.61. The number of alkyl carbamates (subject to hydrolysis) is 1. The van der Waals surface area contributed by atoms with Crippen molar-refractivity contribution in [2.24, 2.45) is 0 Å². The molecule has 1 rings (SSSR count). The number of rotatable bonds is 10. The van der Waals surface area contributed by atoms with Crippen LogP contribution in [0.1, 0.15) is 6.92 Å². The molecular formula is C17H21NO7. The first kappa shape index (κ1) is 20.0. The van der Waals surface area contributed by atoms with E-state index in [4.69, 9.17) is 14.2 Å². The molecule has 1 N–H and O–H groups in total. The molecule has 136 valence electrons. The molecule has 0 heterocycles. The first-order chi connectivity index (χ1) is 12.0. The monoisotopic (exact) mass is 351 g/mol. The minimum Gasteiger partial charge on any atom is -0.490 e. The Kier molecular flexibility index (Phi) is 9.20. The van der Waals surface area contributed by atoms with Gasteiger partial charge in [-0.1, -0.05) is 24.8 Å².